The molecule has 0 aliphatic carbocycles. The summed E-state index contributed by atoms with van der Waals surface area (Å²) in [5.74, 6) is 0.998. The number of likely N-dealkylation sites (N-methyl/N-ethyl adjacent to an activating group) is 1. The lowest BCUT2D eigenvalue weighted by Gasteiger charge is -2.43. The molecule has 3 heterocycles. The van der Waals surface area contributed by atoms with Crippen molar-refractivity contribution in [2.75, 3.05) is 89.6 Å². The fourth-order valence-electron chi connectivity index (χ4n) is 9.18. The molecule has 0 spiro atoms. The summed E-state index contributed by atoms with van der Waals surface area (Å²) in [6.07, 6.45) is 1.30. The van der Waals surface area contributed by atoms with Gasteiger partial charge in [-0.3, -0.25) is 0 Å². The van der Waals surface area contributed by atoms with E-state index in [1.165, 1.54) is 17.4 Å². The van der Waals surface area contributed by atoms with Gasteiger partial charge in [0.1, 0.15) is 54.2 Å². The lowest BCUT2D eigenvalue weighted by molar-refractivity contribution is -1.01. The minimum absolute atomic E-state index is 0.0667. The van der Waals surface area contributed by atoms with Gasteiger partial charge in [-0.2, -0.15) is 17.6 Å². The van der Waals surface area contributed by atoms with Gasteiger partial charge in [-0.1, -0.05) is 63.7 Å². The maximum absolute atomic E-state index is 15.0. The minimum atomic E-state index is -4.24. The van der Waals surface area contributed by atoms with Crippen LogP contribution < -0.4 is 19.3 Å². The number of methoxy groups -OCH3 is 1. The van der Waals surface area contributed by atoms with E-state index < -0.39 is 30.2 Å². The highest BCUT2D eigenvalue weighted by molar-refractivity contribution is 7.89. The van der Waals surface area contributed by atoms with Gasteiger partial charge in [-0.05, 0) is 98.1 Å². The number of benzene rings is 5. The Bertz CT molecular complexity index is 2670. The third-order valence-corrected chi connectivity index (χ3v) is 17.1. The molecule has 0 radical (unpaired) electrons. The van der Waals surface area contributed by atoms with Gasteiger partial charge in [0, 0.05) is 64.8 Å². The molecule has 2 saturated heterocycles. The zero-order valence-electron chi connectivity index (χ0n) is 38.8. The highest BCUT2D eigenvalue weighted by Gasteiger charge is 2.53. The van der Waals surface area contributed by atoms with Crippen LogP contribution in [0.1, 0.15) is 47.4 Å². The number of hydroxylamine groups is 2. The van der Waals surface area contributed by atoms with Crippen LogP contribution in [0.4, 0.5) is 15.8 Å². The van der Waals surface area contributed by atoms with Crippen molar-refractivity contribution in [3.05, 3.63) is 143 Å². The van der Waals surface area contributed by atoms with Crippen molar-refractivity contribution < 1.29 is 49.1 Å². The molecular formula is C51H62FN4O9S2+. The Labute approximate surface area is 395 Å². The van der Waals surface area contributed by atoms with Gasteiger partial charge in [-0.15, -0.1) is 0 Å². The quantitative estimate of drug-likeness (QED) is 0.0594. The summed E-state index contributed by atoms with van der Waals surface area (Å²) in [7, 11) is -4.96. The van der Waals surface area contributed by atoms with Crippen molar-refractivity contribution >= 4 is 31.4 Å². The van der Waals surface area contributed by atoms with E-state index in [9.17, 15) is 12.8 Å². The van der Waals surface area contributed by atoms with E-state index in [0.29, 0.717) is 31.9 Å². The number of hydrogen-bond donors (Lipinski definition) is 0. The normalized spacial score (nSPS) is 21.0. The lowest BCUT2D eigenvalue weighted by Crippen LogP contribution is -2.61. The molecule has 0 amide bonds. The van der Waals surface area contributed by atoms with Crippen LogP contribution in [0.5, 0.6) is 11.5 Å². The fraction of sp³-hybridized carbons (Fsp3) is 0.412. The fourth-order valence-corrected chi connectivity index (χ4v) is 12.1. The second-order valence-corrected chi connectivity index (χ2v) is 21.9. The van der Waals surface area contributed by atoms with E-state index >= 15 is 8.42 Å². The van der Waals surface area contributed by atoms with Gasteiger partial charge < -0.3 is 28.7 Å². The van der Waals surface area contributed by atoms with Crippen LogP contribution in [0.3, 0.4) is 0 Å². The first-order chi connectivity index (χ1) is 32.2. The molecule has 8 rings (SSSR count). The predicted molar refractivity (Wildman–Crippen MR) is 256 cm³/mol. The Morgan fingerprint density at radius 3 is 2.28 bits per heavy atom. The summed E-state index contributed by atoms with van der Waals surface area (Å²) in [5, 5.41) is 0. The molecule has 13 nitrogen and oxygen atoms in total. The van der Waals surface area contributed by atoms with Gasteiger partial charge in [0.2, 0.25) is 10.0 Å². The maximum Gasteiger partial charge on any atom is 0.357 e. The van der Waals surface area contributed by atoms with Crippen LogP contribution in [-0.2, 0) is 41.0 Å². The number of fused-ring (bicyclic) bond motifs is 1. The molecule has 0 aromatic heterocycles. The molecule has 5 aromatic carbocycles. The number of anilines is 2. The molecule has 0 bridgehead atoms. The van der Waals surface area contributed by atoms with Crippen molar-refractivity contribution in [1.82, 2.24) is 4.31 Å². The zero-order chi connectivity index (χ0) is 47.2. The molecule has 3 aliphatic heterocycles. The van der Waals surface area contributed by atoms with Crippen LogP contribution in [0.25, 0.3) is 0 Å². The zero-order valence-corrected chi connectivity index (χ0v) is 40.4. The SMILES string of the molecule is COCCCN1CCOc2ccc(COC3C[N+](OCCN(C)S(=O)(=O)c4ccc(C)cc4)(S(=O)(=O)c4ccc(C)cc4)CCC3c3ccc(OC4CCN(c5cccc(F)c5)C4)cc3)cc21. The molecule has 4 unspecified atom stereocenters. The molecule has 0 N–H and O–H groups in total. The monoisotopic (exact) mass is 957 g/mol. The number of piperidine rings is 1. The van der Waals surface area contributed by atoms with Gasteiger partial charge in [0.25, 0.3) is 0 Å². The van der Waals surface area contributed by atoms with E-state index in [1.807, 2.05) is 56.3 Å². The molecule has 4 atom stereocenters. The van der Waals surface area contributed by atoms with Crippen LogP contribution in [0, 0.1) is 19.7 Å². The maximum atomic E-state index is 15.0. The van der Waals surface area contributed by atoms with Crippen LogP contribution in [0.2, 0.25) is 0 Å². The number of ether oxygens (including phenoxy) is 4. The van der Waals surface area contributed by atoms with E-state index in [2.05, 4.69) is 15.9 Å². The van der Waals surface area contributed by atoms with E-state index in [1.54, 1.807) is 67.8 Å². The predicted octanol–water partition coefficient (Wildman–Crippen LogP) is 7.87. The van der Waals surface area contributed by atoms with Crippen molar-refractivity contribution in [2.24, 2.45) is 0 Å². The average Bonchev–Trinajstić information content (AvgIpc) is 3.80. The van der Waals surface area contributed by atoms with Crippen LogP contribution >= 0.6 is 0 Å². The summed E-state index contributed by atoms with van der Waals surface area (Å²) >= 11 is 0. The number of nitrogens with zero attached hydrogens (tertiary/aromatic N) is 4. The Balaban J connectivity index is 1.06. The van der Waals surface area contributed by atoms with E-state index in [0.717, 1.165) is 71.9 Å². The second-order valence-electron chi connectivity index (χ2n) is 17.7. The number of halogens is 1. The Kier molecular flexibility index (Phi) is 15.2. The van der Waals surface area contributed by atoms with Gasteiger partial charge >= 0.3 is 10.0 Å². The van der Waals surface area contributed by atoms with Gasteiger partial charge in [0.15, 0.2) is 6.54 Å². The van der Waals surface area contributed by atoms with E-state index in [-0.39, 0.29) is 60.5 Å². The number of hydrogen-bond acceptors (Lipinski definition) is 11. The number of rotatable bonds is 19. The summed E-state index contributed by atoms with van der Waals surface area (Å²) in [5.41, 5.74) is 5.51. The Morgan fingerprint density at radius 2 is 1.57 bits per heavy atom. The Hall–Kier alpha value is -5.07. The molecular weight excluding hydrogens is 896 g/mol. The van der Waals surface area contributed by atoms with Crippen molar-refractivity contribution in [1.29, 1.82) is 0 Å². The first-order valence-corrected chi connectivity index (χ1v) is 25.9. The summed E-state index contributed by atoms with van der Waals surface area (Å²) < 4.78 is 96.4. The largest absolute Gasteiger partial charge is 0.490 e. The molecule has 3 aliphatic rings. The summed E-state index contributed by atoms with van der Waals surface area (Å²) in [6.45, 7) is 7.87. The topological polar surface area (TPSA) is 124 Å². The standard InChI is InChI=1S/C51H62FN4O9S2/c1-38-9-18-46(19-10-38)66(57,58)53(3)27-32-64-56(67(59,60)47-20-11-39(2)12-21-47)29-24-48(41-14-16-44(17-15-41)65-45-23-26-55(35-45)43-8-5-7-42(52)34-43)51(36-56)63-37-40-13-22-50-49(33-40)54(28-31-62-50)25-6-30-61-4/h5,7-22,33-34,45,48,51H,6,23-32,35-37H2,1-4H3/q+1. The van der Waals surface area contributed by atoms with Crippen LogP contribution in [-0.4, -0.2) is 117 Å². The molecule has 2 fully saturated rings. The van der Waals surface area contributed by atoms with Crippen LogP contribution in [0.15, 0.2) is 125 Å². The molecule has 5 aromatic rings. The first kappa shape index (κ1) is 48.4. The third-order valence-electron chi connectivity index (χ3n) is 13.1. The smallest absolute Gasteiger partial charge is 0.357 e. The molecule has 16 heteroatoms. The highest BCUT2D eigenvalue weighted by atomic mass is 32.2. The van der Waals surface area contributed by atoms with Gasteiger partial charge in [0.05, 0.1) is 30.3 Å². The summed E-state index contributed by atoms with van der Waals surface area (Å²) in [4.78, 5) is 11.2. The lowest BCUT2D eigenvalue weighted by atomic mass is 9.87. The van der Waals surface area contributed by atoms with Crippen molar-refractivity contribution in [2.45, 2.75) is 67.6 Å². The highest BCUT2D eigenvalue weighted by Crippen LogP contribution is 2.40. The number of aryl methyl sites for hydroxylation is 2. The molecule has 358 valence electrons. The third kappa shape index (κ3) is 11.1. The van der Waals surface area contributed by atoms with Crippen molar-refractivity contribution in [3.63, 3.8) is 0 Å². The van der Waals surface area contributed by atoms with Crippen molar-refractivity contribution in [3.8, 4) is 11.5 Å². The Morgan fingerprint density at radius 1 is 0.836 bits per heavy atom. The van der Waals surface area contributed by atoms with Gasteiger partial charge in [-0.25, -0.2) is 12.8 Å². The molecule has 67 heavy (non-hydrogen) atoms. The number of quaternary nitrogens is 1. The molecule has 0 saturated carbocycles. The second kappa shape index (κ2) is 21.1. The minimum Gasteiger partial charge on any atom is -0.490 e. The average molecular weight is 958 g/mol. The van der Waals surface area contributed by atoms with E-state index in [4.69, 9.17) is 23.8 Å². The first-order valence-electron chi connectivity index (χ1n) is 23.0. The number of sulfonamides is 2. The summed E-state index contributed by atoms with van der Waals surface area (Å²) in [6, 6.07) is 33.9.